The van der Waals surface area contributed by atoms with Crippen LogP contribution in [0.4, 0.5) is 0 Å². The molecule has 0 spiro atoms. The Morgan fingerprint density at radius 3 is 0.617 bits per heavy atom. The van der Waals surface area contributed by atoms with Gasteiger partial charge in [0.2, 0.25) is 0 Å². The van der Waals surface area contributed by atoms with E-state index in [-0.39, 0.29) is 60.9 Å². The van der Waals surface area contributed by atoms with Gasteiger partial charge in [-0.15, -0.1) is 0 Å². The van der Waals surface area contributed by atoms with Crippen molar-refractivity contribution in [1.82, 2.24) is 0 Å². The second-order valence-electron chi connectivity index (χ2n) is 9.62. The third kappa shape index (κ3) is 61.6. The van der Waals surface area contributed by atoms with E-state index in [1.54, 1.807) is 0 Å². The van der Waals surface area contributed by atoms with Gasteiger partial charge in [0.1, 0.15) is 0 Å². The smallest absolute Gasteiger partial charge is 0.330 e. The van der Waals surface area contributed by atoms with Gasteiger partial charge in [-0.2, -0.15) is 0 Å². The molecule has 0 fully saturated rings. The number of aliphatic hydroxyl groups excluding tert-OH is 5. The molecule has 15 nitrogen and oxygen atoms in total. The Morgan fingerprint density at radius 1 is 0.426 bits per heavy atom. The van der Waals surface area contributed by atoms with Crippen LogP contribution in [-0.4, -0.2) is 114 Å². The molecular weight excluding hydrogens is 624 g/mol. The fourth-order valence-electron chi connectivity index (χ4n) is 1.06. The molecule has 0 saturated carbocycles. The molecule has 0 aliphatic rings. The number of hydrogen-bond acceptors (Lipinski definition) is 10. The van der Waals surface area contributed by atoms with Crippen LogP contribution in [0.25, 0.3) is 0 Å². The van der Waals surface area contributed by atoms with Gasteiger partial charge in [0.25, 0.3) is 0 Å². The average molecular weight is 683 g/mol. The number of aliphatic carboxylic acids is 5. The van der Waals surface area contributed by atoms with Crippen molar-refractivity contribution in [2.45, 2.75) is 73.6 Å². The van der Waals surface area contributed by atoms with E-state index >= 15 is 0 Å². The molecule has 0 heterocycles. The number of rotatable bonds is 14. The Kier molecular flexibility index (Phi) is 49.5. The highest BCUT2D eigenvalue weighted by atomic mass is 16.4. The highest BCUT2D eigenvalue weighted by molar-refractivity contribution is 5.86. The van der Waals surface area contributed by atoms with Gasteiger partial charge in [-0.25, -0.2) is 24.0 Å². The van der Waals surface area contributed by atoms with Crippen LogP contribution >= 0.6 is 0 Å². The van der Waals surface area contributed by atoms with Crippen molar-refractivity contribution < 1.29 is 75.0 Å². The summed E-state index contributed by atoms with van der Waals surface area (Å²) in [5.41, 5.74) is 0.213. The summed E-state index contributed by atoms with van der Waals surface area (Å²) in [5.74, 6) is -4.68. The number of carboxylic acids is 5. The van der Waals surface area contributed by atoms with Gasteiger partial charge in [-0.3, -0.25) is 0 Å². The average Bonchev–Trinajstić information content (AvgIpc) is 2.98. The van der Waals surface area contributed by atoms with Crippen molar-refractivity contribution in [3.05, 3.63) is 60.8 Å². The Hall–Kier alpha value is -4.15. The molecule has 0 aromatic rings. The molecule has 0 atom stereocenters. The van der Waals surface area contributed by atoms with Gasteiger partial charge < -0.3 is 51.1 Å². The zero-order valence-corrected chi connectivity index (χ0v) is 28.6. The molecule has 0 aromatic carbocycles. The molecule has 0 saturated heterocycles. The first kappa shape index (κ1) is 58.4. The number of carbonyl (C=O) groups is 5. The Labute approximate surface area is 277 Å². The SMILES string of the molecule is C=C(C)C(=O)O.C=C(C)C(=O)O.C=C(C)C(=O)O.C=C(C)C(=O)O.C=C(C)C(=O)O.CCC(CO)(CO)CO.OCCCCCCO. The predicted octanol–water partition coefficient (Wildman–Crippen LogP) is 3.13. The van der Waals surface area contributed by atoms with Gasteiger partial charge >= 0.3 is 29.8 Å². The molecule has 0 aliphatic carbocycles. The molecular formula is C32H58O15. The number of carboxylic acid groups (broad SMARTS) is 5. The van der Waals surface area contributed by atoms with Gasteiger partial charge in [0.05, 0.1) is 19.8 Å². The normalized spacial score (nSPS) is 8.74. The first-order valence-corrected chi connectivity index (χ1v) is 13.9. The molecule has 15 heteroatoms. The summed E-state index contributed by atoms with van der Waals surface area (Å²) >= 11 is 0. The van der Waals surface area contributed by atoms with E-state index in [4.69, 9.17) is 51.1 Å². The van der Waals surface area contributed by atoms with E-state index < -0.39 is 35.3 Å². The van der Waals surface area contributed by atoms with Crippen LogP contribution in [0.2, 0.25) is 0 Å². The van der Waals surface area contributed by atoms with Crippen molar-refractivity contribution in [1.29, 1.82) is 0 Å². The summed E-state index contributed by atoms with van der Waals surface area (Å²) in [6.45, 7) is 24.9. The molecule has 0 aromatic heterocycles. The van der Waals surface area contributed by atoms with Crippen LogP contribution in [0.5, 0.6) is 0 Å². The minimum Gasteiger partial charge on any atom is -0.478 e. The van der Waals surface area contributed by atoms with E-state index in [1.807, 2.05) is 6.92 Å². The molecule has 10 N–H and O–H groups in total. The summed E-state index contributed by atoms with van der Waals surface area (Å²) < 4.78 is 0. The lowest BCUT2D eigenvalue weighted by atomic mass is 9.88. The van der Waals surface area contributed by atoms with Gasteiger partial charge in [-0.1, -0.05) is 52.7 Å². The summed E-state index contributed by atoms with van der Waals surface area (Å²) in [4.78, 5) is 48.0. The fraction of sp³-hybridized carbons (Fsp3) is 0.531. The van der Waals surface area contributed by atoms with Gasteiger partial charge in [0, 0.05) is 46.5 Å². The van der Waals surface area contributed by atoms with Crippen molar-refractivity contribution in [2.24, 2.45) is 5.41 Å². The third-order valence-electron chi connectivity index (χ3n) is 4.65. The van der Waals surface area contributed by atoms with E-state index in [9.17, 15) is 24.0 Å². The van der Waals surface area contributed by atoms with Crippen molar-refractivity contribution in [2.75, 3.05) is 33.0 Å². The largest absolute Gasteiger partial charge is 0.478 e. The van der Waals surface area contributed by atoms with E-state index in [0.29, 0.717) is 6.42 Å². The zero-order valence-electron chi connectivity index (χ0n) is 28.6. The van der Waals surface area contributed by atoms with E-state index in [2.05, 4.69) is 32.9 Å². The van der Waals surface area contributed by atoms with Crippen LogP contribution in [0, 0.1) is 5.41 Å². The minimum atomic E-state index is -0.935. The van der Waals surface area contributed by atoms with Crippen molar-refractivity contribution >= 4 is 29.8 Å². The monoisotopic (exact) mass is 682 g/mol. The van der Waals surface area contributed by atoms with Gasteiger partial charge in [-0.05, 0) is 53.9 Å². The van der Waals surface area contributed by atoms with Crippen LogP contribution in [0.15, 0.2) is 60.8 Å². The lowest BCUT2D eigenvalue weighted by Gasteiger charge is -2.24. The molecule has 0 aliphatic heterocycles. The fourth-order valence-corrected chi connectivity index (χ4v) is 1.06. The lowest BCUT2D eigenvalue weighted by Crippen LogP contribution is -2.32. The van der Waals surface area contributed by atoms with Crippen LogP contribution < -0.4 is 0 Å². The second kappa shape index (κ2) is 39.9. The topological polar surface area (TPSA) is 288 Å². The molecule has 0 rings (SSSR count). The maximum absolute atomic E-state index is 9.60. The molecule has 47 heavy (non-hydrogen) atoms. The maximum atomic E-state index is 9.60. The van der Waals surface area contributed by atoms with Crippen molar-refractivity contribution in [3.8, 4) is 0 Å². The summed E-state index contributed by atoms with van der Waals surface area (Å²) in [7, 11) is 0. The van der Waals surface area contributed by atoms with Gasteiger partial charge in [0.15, 0.2) is 0 Å². The zero-order chi connectivity index (χ0) is 39.3. The standard InChI is InChI=1S/C6H14O3.C6H14O2.5C4H6O2/c1-2-6(3-7,4-8)5-9;7-5-3-1-2-4-6-8;5*1-3(2)4(5)6/h7-9H,2-5H2,1H3;7-8H,1-6H2;5*1H2,2H3,(H,5,6). The van der Waals surface area contributed by atoms with Crippen LogP contribution in [-0.2, 0) is 24.0 Å². The van der Waals surface area contributed by atoms with Crippen LogP contribution in [0.1, 0.15) is 73.6 Å². The molecule has 0 amide bonds. The highest BCUT2D eigenvalue weighted by Gasteiger charge is 2.24. The van der Waals surface area contributed by atoms with Crippen LogP contribution in [0.3, 0.4) is 0 Å². The quantitative estimate of drug-likeness (QED) is 0.0930. The first-order valence-electron chi connectivity index (χ1n) is 13.9. The number of unbranched alkanes of at least 4 members (excludes halogenated alkanes) is 3. The van der Waals surface area contributed by atoms with E-state index in [0.717, 1.165) is 25.7 Å². The maximum Gasteiger partial charge on any atom is 0.330 e. The predicted molar refractivity (Wildman–Crippen MR) is 179 cm³/mol. The summed E-state index contributed by atoms with van der Waals surface area (Å²) in [6, 6.07) is 0. The highest BCUT2D eigenvalue weighted by Crippen LogP contribution is 2.18. The van der Waals surface area contributed by atoms with E-state index in [1.165, 1.54) is 34.6 Å². The summed E-state index contributed by atoms with van der Waals surface area (Å²) in [6.07, 6.45) is 4.42. The molecule has 276 valence electrons. The lowest BCUT2D eigenvalue weighted by molar-refractivity contribution is -0.133. The number of aliphatic hydroxyl groups is 5. The molecule has 0 bridgehead atoms. The number of hydrogen-bond donors (Lipinski definition) is 10. The Balaban J connectivity index is -0.0000000800. The minimum absolute atomic E-state index is 0.156. The second-order valence-corrected chi connectivity index (χ2v) is 9.62. The van der Waals surface area contributed by atoms with Crippen molar-refractivity contribution in [3.63, 3.8) is 0 Å². The molecule has 0 unspecified atom stereocenters. The first-order chi connectivity index (χ1) is 21.4. The Morgan fingerprint density at radius 2 is 0.574 bits per heavy atom. The third-order valence-corrected chi connectivity index (χ3v) is 4.65. The summed E-state index contributed by atoms with van der Waals surface area (Å²) in [5, 5.41) is 82.0. The molecule has 0 radical (unpaired) electrons. The Bertz CT molecular complexity index is 723.